The number of methoxy groups -OCH3 is 2. The molecule has 3 aliphatic rings. The molecule has 0 radical (unpaired) electrons. The van der Waals surface area contributed by atoms with Crippen LogP contribution in [-0.2, 0) is 19.1 Å². The second-order valence-electron chi connectivity index (χ2n) is 15.7. The van der Waals surface area contributed by atoms with Gasteiger partial charge in [0.25, 0.3) is 5.69 Å². The Morgan fingerprint density at radius 1 is 0.667 bits per heavy atom. The Kier molecular flexibility index (Phi) is 18.3. The molecule has 340 valence electrons. The summed E-state index contributed by atoms with van der Waals surface area (Å²) in [6.07, 6.45) is 1.34. The molecule has 0 amide bonds. The summed E-state index contributed by atoms with van der Waals surface area (Å²) in [5, 5.41) is 15.0. The molecular formula is C47H62N6O8S2. The van der Waals surface area contributed by atoms with Gasteiger partial charge < -0.3 is 34.1 Å². The second kappa shape index (κ2) is 24.2. The molecule has 1 N–H and O–H groups in total. The third-order valence-corrected chi connectivity index (χ3v) is 13.7. The van der Waals surface area contributed by atoms with Crippen LogP contribution in [0.3, 0.4) is 0 Å². The number of hydrogen-bond acceptors (Lipinski definition) is 15. The number of piperazine rings is 2. The van der Waals surface area contributed by atoms with E-state index in [0.29, 0.717) is 29.8 Å². The minimum absolute atomic E-state index is 0.132. The maximum Gasteiger partial charge on any atom is 0.336 e. The summed E-state index contributed by atoms with van der Waals surface area (Å²) in [5.74, 6) is 3.38. The Morgan fingerprint density at radius 3 is 1.57 bits per heavy atom. The van der Waals surface area contributed by atoms with Crippen LogP contribution in [-0.4, -0.2) is 143 Å². The molecule has 3 aliphatic heterocycles. The lowest BCUT2D eigenvalue weighted by atomic mass is 9.80. The van der Waals surface area contributed by atoms with Crippen LogP contribution in [0.1, 0.15) is 38.2 Å². The van der Waals surface area contributed by atoms with Crippen LogP contribution in [0, 0.1) is 10.1 Å². The normalized spacial score (nSPS) is 16.5. The quantitative estimate of drug-likeness (QED) is 0.0488. The van der Waals surface area contributed by atoms with E-state index in [1.54, 1.807) is 40.2 Å². The van der Waals surface area contributed by atoms with E-state index >= 15 is 0 Å². The van der Waals surface area contributed by atoms with E-state index in [1.165, 1.54) is 12.1 Å². The number of carbonyl (C=O) groups is 2. The molecule has 0 unspecified atom stereocenters. The van der Waals surface area contributed by atoms with Gasteiger partial charge in [-0.2, -0.15) is 23.5 Å². The van der Waals surface area contributed by atoms with E-state index in [9.17, 15) is 19.7 Å². The Morgan fingerprint density at radius 2 is 1.13 bits per heavy atom. The van der Waals surface area contributed by atoms with Crippen LogP contribution in [0.5, 0.6) is 11.5 Å². The van der Waals surface area contributed by atoms with Crippen molar-refractivity contribution in [3.8, 4) is 11.5 Å². The number of rotatable bonds is 22. The Labute approximate surface area is 380 Å². The van der Waals surface area contributed by atoms with Gasteiger partial charge >= 0.3 is 11.9 Å². The average molecular weight is 903 g/mol. The SMILES string of the molecule is COc1ccccc1N1CCN(CCSCCCOC(=O)C2=C(C)NC(C)=C(C(=O)OCCCSCCN3CCN(c4ccccc4OC)CC3)C2c2cccc([N+](=O)[O-])c2)CC1. The minimum atomic E-state index is -0.901. The van der Waals surface area contributed by atoms with E-state index < -0.39 is 22.8 Å². The predicted molar refractivity (Wildman–Crippen MR) is 253 cm³/mol. The summed E-state index contributed by atoms with van der Waals surface area (Å²) in [6, 6.07) is 22.4. The summed E-state index contributed by atoms with van der Waals surface area (Å²) in [5.41, 5.74) is 4.13. The zero-order valence-corrected chi connectivity index (χ0v) is 38.7. The van der Waals surface area contributed by atoms with Crippen LogP contribution in [0.15, 0.2) is 95.3 Å². The van der Waals surface area contributed by atoms with Crippen molar-refractivity contribution in [1.82, 2.24) is 15.1 Å². The zero-order chi connectivity index (χ0) is 44.6. The molecule has 2 fully saturated rings. The monoisotopic (exact) mass is 902 g/mol. The number of thioether (sulfide) groups is 2. The first-order valence-electron chi connectivity index (χ1n) is 21.8. The standard InChI is InChI=1S/C47H62N6O8S2/c1-35-43(46(54)60-28-10-30-62-32-26-49-18-22-51(23-19-49)39-14-5-7-16-41(39)58-3)45(37-12-9-13-38(34-37)53(56)57)44(36(2)48-35)47(55)61-29-11-31-63-33-27-50-20-24-52(25-21-50)40-15-6-8-17-42(40)59-4/h5-9,12-17,34,45,48H,10-11,18-33H2,1-4H3. The minimum Gasteiger partial charge on any atom is -0.495 e. The number of esters is 2. The summed E-state index contributed by atoms with van der Waals surface area (Å²) in [6.45, 7) is 13.6. The summed E-state index contributed by atoms with van der Waals surface area (Å²) < 4.78 is 22.8. The second-order valence-corrected chi connectivity index (χ2v) is 18.1. The van der Waals surface area contributed by atoms with Gasteiger partial charge in [-0.3, -0.25) is 19.9 Å². The fraction of sp³-hybridized carbons (Fsp3) is 0.489. The molecule has 0 spiro atoms. The number of anilines is 2. The Bertz CT molecular complexity index is 1950. The van der Waals surface area contributed by atoms with E-state index in [-0.39, 0.29) is 30.0 Å². The molecule has 0 saturated carbocycles. The number of nitro groups is 1. The van der Waals surface area contributed by atoms with Gasteiger partial charge in [-0.15, -0.1) is 0 Å². The van der Waals surface area contributed by atoms with Crippen LogP contribution >= 0.6 is 23.5 Å². The maximum atomic E-state index is 13.9. The highest BCUT2D eigenvalue weighted by Gasteiger charge is 2.38. The van der Waals surface area contributed by atoms with Crippen LogP contribution in [0.25, 0.3) is 0 Å². The van der Waals surface area contributed by atoms with Crippen molar-refractivity contribution in [2.75, 3.05) is 126 Å². The summed E-state index contributed by atoms with van der Waals surface area (Å²) in [7, 11) is 3.42. The highest BCUT2D eigenvalue weighted by Crippen LogP contribution is 2.40. The van der Waals surface area contributed by atoms with Gasteiger partial charge in [-0.05, 0) is 68.0 Å². The average Bonchev–Trinajstić information content (AvgIpc) is 3.30. The highest BCUT2D eigenvalue weighted by atomic mass is 32.2. The van der Waals surface area contributed by atoms with E-state index in [0.717, 1.165) is 111 Å². The van der Waals surface area contributed by atoms with Gasteiger partial charge in [0.1, 0.15) is 11.5 Å². The fourth-order valence-electron chi connectivity index (χ4n) is 8.29. The zero-order valence-electron chi connectivity index (χ0n) is 37.1. The van der Waals surface area contributed by atoms with Gasteiger partial charge in [-0.25, -0.2) is 9.59 Å². The van der Waals surface area contributed by atoms with Crippen LogP contribution in [0.4, 0.5) is 17.1 Å². The third-order valence-electron chi connectivity index (χ3n) is 11.6. The molecule has 3 heterocycles. The molecule has 0 atom stereocenters. The number of allylic oxidation sites excluding steroid dienone is 2. The first-order valence-corrected chi connectivity index (χ1v) is 24.1. The van der Waals surface area contributed by atoms with Crippen LogP contribution in [0.2, 0.25) is 0 Å². The summed E-state index contributed by atoms with van der Waals surface area (Å²) in [4.78, 5) is 48.8. The number of dihydropyridines is 1. The first kappa shape index (κ1) is 47.6. The molecule has 14 nitrogen and oxygen atoms in total. The van der Waals surface area contributed by atoms with Gasteiger partial charge in [-0.1, -0.05) is 36.4 Å². The van der Waals surface area contributed by atoms with E-state index in [4.69, 9.17) is 18.9 Å². The molecular weight excluding hydrogens is 841 g/mol. The Hall–Kier alpha value is -4.90. The fourth-order valence-corrected chi connectivity index (χ4v) is 10.1. The van der Waals surface area contributed by atoms with Gasteiger partial charge in [0.15, 0.2) is 0 Å². The number of hydrogen-bond donors (Lipinski definition) is 1. The highest BCUT2D eigenvalue weighted by molar-refractivity contribution is 7.99. The van der Waals surface area contributed by atoms with Crippen LogP contribution < -0.4 is 24.6 Å². The maximum absolute atomic E-state index is 13.9. The lowest BCUT2D eigenvalue weighted by molar-refractivity contribution is -0.384. The molecule has 0 aromatic heterocycles. The van der Waals surface area contributed by atoms with Crippen molar-refractivity contribution in [2.45, 2.75) is 32.6 Å². The topological polar surface area (TPSA) is 139 Å². The van der Waals surface area contributed by atoms with Gasteiger partial charge in [0.05, 0.1) is 60.8 Å². The number of benzene rings is 3. The molecule has 3 aromatic rings. The number of non-ortho nitro benzene ring substituents is 1. The lowest BCUT2D eigenvalue weighted by Crippen LogP contribution is -2.47. The number of ether oxygens (including phenoxy) is 4. The number of nitrogens with one attached hydrogen (secondary N) is 1. The van der Waals surface area contributed by atoms with Crippen molar-refractivity contribution in [2.24, 2.45) is 0 Å². The molecule has 3 aromatic carbocycles. The van der Waals surface area contributed by atoms with Crippen molar-refractivity contribution in [3.05, 3.63) is 111 Å². The van der Waals surface area contributed by atoms with Crippen molar-refractivity contribution < 1.29 is 33.5 Å². The predicted octanol–water partition coefficient (Wildman–Crippen LogP) is 6.82. The molecule has 6 rings (SSSR count). The Balaban J connectivity index is 0.936. The third kappa shape index (κ3) is 13.1. The van der Waals surface area contributed by atoms with Crippen molar-refractivity contribution in [1.29, 1.82) is 0 Å². The van der Waals surface area contributed by atoms with Crippen molar-refractivity contribution >= 4 is 52.5 Å². The molecule has 63 heavy (non-hydrogen) atoms. The molecule has 16 heteroatoms. The number of nitro benzene ring substituents is 1. The molecule has 2 saturated heterocycles. The molecule has 0 aliphatic carbocycles. The lowest BCUT2D eigenvalue weighted by Gasteiger charge is -2.36. The number of para-hydroxylation sites is 4. The van der Waals surface area contributed by atoms with Gasteiger partial charge in [0.2, 0.25) is 0 Å². The van der Waals surface area contributed by atoms with E-state index in [1.807, 2.05) is 59.9 Å². The summed E-state index contributed by atoms with van der Waals surface area (Å²) >= 11 is 3.66. The molecule has 0 bridgehead atoms. The number of nitrogens with zero attached hydrogens (tertiary/aromatic N) is 5. The first-order chi connectivity index (χ1) is 30.7. The van der Waals surface area contributed by atoms with E-state index in [2.05, 4.69) is 37.0 Å². The largest absolute Gasteiger partial charge is 0.495 e. The van der Waals surface area contributed by atoms with Crippen molar-refractivity contribution in [3.63, 3.8) is 0 Å². The number of carbonyl (C=O) groups excluding carboxylic acids is 2. The smallest absolute Gasteiger partial charge is 0.336 e. The van der Waals surface area contributed by atoms with Gasteiger partial charge in [0, 0.05) is 100 Å².